The molecule has 1 N–H and O–H groups in total. The molecule has 0 aliphatic heterocycles. The standard InChI is InChI=1S/C15H29N3/c1-8-9-11(2)18-13(4)14(12(3)17-18)10-16-15(5,6)7/h11,16H,8-10H2,1-7H3. The van der Waals surface area contributed by atoms with Gasteiger partial charge in [-0.2, -0.15) is 5.10 Å². The maximum absolute atomic E-state index is 4.71. The fourth-order valence-electron chi connectivity index (χ4n) is 2.28. The minimum absolute atomic E-state index is 0.149. The van der Waals surface area contributed by atoms with E-state index in [0.717, 1.165) is 12.2 Å². The molecule has 3 heteroatoms. The molecule has 0 amide bonds. The Morgan fingerprint density at radius 1 is 1.28 bits per heavy atom. The number of nitrogens with one attached hydrogen (secondary N) is 1. The van der Waals surface area contributed by atoms with Crippen molar-refractivity contribution in [3.63, 3.8) is 0 Å². The van der Waals surface area contributed by atoms with E-state index >= 15 is 0 Å². The SMILES string of the molecule is CCCC(C)n1nc(C)c(CNC(C)(C)C)c1C. The summed E-state index contributed by atoms with van der Waals surface area (Å²) in [6.45, 7) is 16.3. The second kappa shape index (κ2) is 5.87. The number of aromatic nitrogens is 2. The first-order chi connectivity index (χ1) is 8.26. The molecule has 1 atom stereocenters. The molecule has 1 unspecified atom stereocenters. The van der Waals surface area contributed by atoms with Gasteiger partial charge in [0.1, 0.15) is 0 Å². The highest BCUT2D eigenvalue weighted by molar-refractivity contribution is 5.25. The monoisotopic (exact) mass is 251 g/mol. The number of hydrogen-bond donors (Lipinski definition) is 1. The van der Waals surface area contributed by atoms with Crippen LogP contribution in [0.15, 0.2) is 0 Å². The lowest BCUT2D eigenvalue weighted by Crippen LogP contribution is -2.35. The zero-order valence-electron chi connectivity index (χ0n) is 13.1. The van der Waals surface area contributed by atoms with Crippen LogP contribution >= 0.6 is 0 Å². The molecule has 0 aliphatic rings. The van der Waals surface area contributed by atoms with Gasteiger partial charge in [-0.05, 0) is 48.0 Å². The van der Waals surface area contributed by atoms with E-state index in [1.165, 1.54) is 24.1 Å². The van der Waals surface area contributed by atoms with Crippen molar-refractivity contribution < 1.29 is 0 Å². The zero-order chi connectivity index (χ0) is 13.9. The van der Waals surface area contributed by atoms with Crippen molar-refractivity contribution in [2.45, 2.75) is 79.4 Å². The van der Waals surface area contributed by atoms with Crippen molar-refractivity contribution in [2.75, 3.05) is 0 Å². The first kappa shape index (κ1) is 15.2. The molecule has 1 aromatic rings. The molecule has 0 radical (unpaired) electrons. The van der Waals surface area contributed by atoms with Gasteiger partial charge in [-0.25, -0.2) is 0 Å². The largest absolute Gasteiger partial charge is 0.308 e. The van der Waals surface area contributed by atoms with Gasteiger partial charge in [-0.1, -0.05) is 13.3 Å². The summed E-state index contributed by atoms with van der Waals surface area (Å²) >= 11 is 0. The van der Waals surface area contributed by atoms with E-state index in [1.807, 2.05) is 0 Å². The first-order valence-corrected chi connectivity index (χ1v) is 7.06. The van der Waals surface area contributed by atoms with Gasteiger partial charge in [0.05, 0.1) is 5.69 Å². The van der Waals surface area contributed by atoms with Crippen molar-refractivity contribution in [3.8, 4) is 0 Å². The van der Waals surface area contributed by atoms with E-state index in [0.29, 0.717) is 6.04 Å². The molecule has 0 saturated carbocycles. The van der Waals surface area contributed by atoms with Gasteiger partial charge in [0.15, 0.2) is 0 Å². The lowest BCUT2D eigenvalue weighted by atomic mass is 10.1. The van der Waals surface area contributed by atoms with Crippen LogP contribution in [0.4, 0.5) is 0 Å². The lowest BCUT2D eigenvalue weighted by molar-refractivity contribution is 0.421. The minimum atomic E-state index is 0.149. The summed E-state index contributed by atoms with van der Waals surface area (Å²) in [5.74, 6) is 0. The number of rotatable bonds is 5. The van der Waals surface area contributed by atoms with Crippen LogP contribution in [0, 0.1) is 13.8 Å². The predicted octanol–water partition coefficient (Wildman–Crippen LogP) is 3.75. The van der Waals surface area contributed by atoms with Gasteiger partial charge in [0, 0.05) is 29.4 Å². The summed E-state index contributed by atoms with van der Waals surface area (Å²) in [6.07, 6.45) is 2.39. The van der Waals surface area contributed by atoms with Crippen LogP contribution in [0.25, 0.3) is 0 Å². The average molecular weight is 251 g/mol. The third-order valence-corrected chi connectivity index (χ3v) is 3.39. The molecule has 1 heterocycles. The molecule has 18 heavy (non-hydrogen) atoms. The van der Waals surface area contributed by atoms with Crippen LogP contribution in [0.1, 0.15) is 70.5 Å². The third kappa shape index (κ3) is 3.84. The van der Waals surface area contributed by atoms with E-state index in [9.17, 15) is 0 Å². The van der Waals surface area contributed by atoms with E-state index in [4.69, 9.17) is 5.10 Å². The normalized spacial score (nSPS) is 13.9. The highest BCUT2D eigenvalue weighted by atomic mass is 15.3. The van der Waals surface area contributed by atoms with Crippen LogP contribution < -0.4 is 5.32 Å². The van der Waals surface area contributed by atoms with Crippen LogP contribution in [-0.2, 0) is 6.54 Å². The summed E-state index contributed by atoms with van der Waals surface area (Å²) in [7, 11) is 0. The maximum Gasteiger partial charge on any atom is 0.0641 e. The Balaban J connectivity index is 2.87. The molecular weight excluding hydrogens is 222 g/mol. The van der Waals surface area contributed by atoms with Crippen molar-refractivity contribution in [1.29, 1.82) is 0 Å². The summed E-state index contributed by atoms with van der Waals surface area (Å²) in [5, 5.41) is 8.26. The Kier molecular flexibility index (Phi) is 4.97. The number of aryl methyl sites for hydroxylation is 1. The number of hydrogen-bond acceptors (Lipinski definition) is 2. The van der Waals surface area contributed by atoms with Crippen LogP contribution in [0.3, 0.4) is 0 Å². The summed E-state index contributed by atoms with van der Waals surface area (Å²) in [5.41, 5.74) is 3.97. The summed E-state index contributed by atoms with van der Waals surface area (Å²) in [4.78, 5) is 0. The Morgan fingerprint density at radius 3 is 2.39 bits per heavy atom. The van der Waals surface area contributed by atoms with Crippen molar-refractivity contribution in [2.24, 2.45) is 0 Å². The van der Waals surface area contributed by atoms with E-state index in [-0.39, 0.29) is 5.54 Å². The topological polar surface area (TPSA) is 29.9 Å². The van der Waals surface area contributed by atoms with E-state index in [2.05, 4.69) is 58.5 Å². The highest BCUT2D eigenvalue weighted by Crippen LogP contribution is 2.20. The molecule has 1 aromatic heterocycles. The third-order valence-electron chi connectivity index (χ3n) is 3.39. The molecule has 0 bridgehead atoms. The lowest BCUT2D eigenvalue weighted by Gasteiger charge is -2.21. The van der Waals surface area contributed by atoms with Crippen molar-refractivity contribution >= 4 is 0 Å². The number of nitrogens with zero attached hydrogens (tertiary/aromatic N) is 2. The predicted molar refractivity (Wildman–Crippen MR) is 77.9 cm³/mol. The summed E-state index contributed by atoms with van der Waals surface area (Å²) in [6, 6.07) is 0.497. The van der Waals surface area contributed by atoms with Gasteiger partial charge in [-0.3, -0.25) is 4.68 Å². The van der Waals surface area contributed by atoms with Crippen molar-refractivity contribution in [3.05, 3.63) is 17.0 Å². The molecular formula is C15H29N3. The summed E-state index contributed by atoms with van der Waals surface area (Å²) < 4.78 is 2.19. The quantitative estimate of drug-likeness (QED) is 0.863. The fraction of sp³-hybridized carbons (Fsp3) is 0.800. The first-order valence-electron chi connectivity index (χ1n) is 7.06. The maximum atomic E-state index is 4.71. The van der Waals surface area contributed by atoms with Crippen molar-refractivity contribution in [1.82, 2.24) is 15.1 Å². The Bertz CT molecular complexity index is 385. The van der Waals surface area contributed by atoms with Crippen LogP contribution in [0.2, 0.25) is 0 Å². The minimum Gasteiger partial charge on any atom is -0.308 e. The zero-order valence-corrected chi connectivity index (χ0v) is 13.1. The molecule has 3 nitrogen and oxygen atoms in total. The van der Waals surface area contributed by atoms with E-state index in [1.54, 1.807) is 0 Å². The Morgan fingerprint density at radius 2 is 1.89 bits per heavy atom. The molecule has 0 fully saturated rings. The molecule has 0 aromatic carbocycles. The van der Waals surface area contributed by atoms with Gasteiger partial charge in [0.25, 0.3) is 0 Å². The average Bonchev–Trinajstić information content (AvgIpc) is 2.51. The Labute approximate surface area is 112 Å². The smallest absolute Gasteiger partial charge is 0.0641 e. The van der Waals surface area contributed by atoms with E-state index < -0.39 is 0 Å². The van der Waals surface area contributed by atoms with Crippen LogP contribution in [-0.4, -0.2) is 15.3 Å². The molecule has 1 rings (SSSR count). The van der Waals surface area contributed by atoms with Gasteiger partial charge >= 0.3 is 0 Å². The van der Waals surface area contributed by atoms with Gasteiger partial charge in [-0.15, -0.1) is 0 Å². The van der Waals surface area contributed by atoms with Gasteiger partial charge in [0.2, 0.25) is 0 Å². The molecule has 0 spiro atoms. The highest BCUT2D eigenvalue weighted by Gasteiger charge is 2.17. The fourth-order valence-corrected chi connectivity index (χ4v) is 2.28. The molecule has 0 aliphatic carbocycles. The molecule has 0 saturated heterocycles. The Hall–Kier alpha value is -0.830. The molecule has 104 valence electrons. The second-order valence-corrected chi connectivity index (χ2v) is 6.34. The van der Waals surface area contributed by atoms with Crippen LogP contribution in [0.5, 0.6) is 0 Å². The second-order valence-electron chi connectivity index (χ2n) is 6.34. The van der Waals surface area contributed by atoms with Gasteiger partial charge < -0.3 is 5.32 Å².